The SMILES string of the molecule is CC.CNC(C)C.CSC(C)COc1ccc(C)cc1. The van der Waals surface area contributed by atoms with Crippen molar-refractivity contribution in [3.05, 3.63) is 29.8 Å². The van der Waals surface area contributed by atoms with Crippen molar-refractivity contribution >= 4 is 11.8 Å². The van der Waals surface area contributed by atoms with Crippen molar-refractivity contribution in [2.75, 3.05) is 19.9 Å². The summed E-state index contributed by atoms with van der Waals surface area (Å²) in [7, 11) is 1.95. The number of aryl methyl sites for hydroxylation is 1. The van der Waals surface area contributed by atoms with Crippen LogP contribution in [0.5, 0.6) is 5.75 Å². The highest BCUT2D eigenvalue weighted by Gasteiger charge is 1.99. The number of thioether (sulfide) groups is 1. The molecular weight excluding hydrogens is 266 g/mol. The van der Waals surface area contributed by atoms with Crippen molar-refractivity contribution in [3.63, 3.8) is 0 Å². The Morgan fingerprint density at radius 1 is 1.10 bits per heavy atom. The molecule has 0 heterocycles. The summed E-state index contributed by atoms with van der Waals surface area (Å²) in [5.41, 5.74) is 1.27. The molecule has 0 spiro atoms. The molecule has 0 fully saturated rings. The van der Waals surface area contributed by atoms with Gasteiger partial charge in [0.1, 0.15) is 5.75 Å². The molecule has 20 heavy (non-hydrogen) atoms. The third-order valence-corrected chi connectivity index (χ3v) is 3.43. The van der Waals surface area contributed by atoms with Gasteiger partial charge >= 0.3 is 0 Å². The standard InChI is InChI=1S/C11H16OS.C4H11N.C2H6/c1-9-4-6-11(7-5-9)12-8-10(2)13-3;1-4(2)5-3;1-2/h4-7,10H,8H2,1-3H3;4-5H,1-3H3;1-2H3. The number of hydrogen-bond acceptors (Lipinski definition) is 3. The minimum atomic E-state index is 0.557. The van der Waals surface area contributed by atoms with Gasteiger partial charge in [-0.05, 0) is 32.4 Å². The predicted octanol–water partition coefficient (Wildman–Crippen LogP) is 4.77. The number of nitrogens with one attached hydrogen (secondary N) is 1. The molecule has 0 aliphatic heterocycles. The Kier molecular flexibility index (Phi) is 15.9. The van der Waals surface area contributed by atoms with Crippen molar-refractivity contribution in [3.8, 4) is 5.75 Å². The normalized spacial score (nSPS) is 10.8. The number of ether oxygens (including phenoxy) is 1. The van der Waals surface area contributed by atoms with Crippen molar-refractivity contribution in [2.45, 2.75) is 52.8 Å². The van der Waals surface area contributed by atoms with Crippen LogP contribution in [0.25, 0.3) is 0 Å². The summed E-state index contributed by atoms with van der Waals surface area (Å²) in [4.78, 5) is 0. The Morgan fingerprint density at radius 2 is 1.55 bits per heavy atom. The summed E-state index contributed by atoms with van der Waals surface area (Å²) < 4.78 is 5.59. The first-order valence-corrected chi connectivity index (χ1v) is 8.67. The van der Waals surface area contributed by atoms with Crippen LogP contribution in [-0.4, -0.2) is 31.2 Å². The third kappa shape index (κ3) is 13.8. The molecule has 0 radical (unpaired) electrons. The van der Waals surface area contributed by atoms with Gasteiger partial charge in [0.2, 0.25) is 0 Å². The fraction of sp³-hybridized carbons (Fsp3) is 0.647. The second-order valence-corrected chi connectivity index (χ2v) is 5.89. The highest BCUT2D eigenvalue weighted by Crippen LogP contribution is 2.13. The first-order chi connectivity index (χ1) is 9.49. The minimum Gasteiger partial charge on any atom is -0.492 e. The van der Waals surface area contributed by atoms with Crippen molar-refractivity contribution in [1.82, 2.24) is 5.32 Å². The van der Waals surface area contributed by atoms with E-state index in [0.29, 0.717) is 11.3 Å². The van der Waals surface area contributed by atoms with Gasteiger partial charge in [0.05, 0.1) is 6.61 Å². The van der Waals surface area contributed by atoms with E-state index in [9.17, 15) is 0 Å². The van der Waals surface area contributed by atoms with Crippen LogP contribution in [0.4, 0.5) is 0 Å². The molecule has 2 nitrogen and oxygen atoms in total. The third-order valence-electron chi connectivity index (χ3n) is 2.49. The first kappa shape index (κ1) is 21.6. The maximum absolute atomic E-state index is 5.59. The molecule has 1 aromatic carbocycles. The fourth-order valence-electron chi connectivity index (χ4n) is 0.916. The van der Waals surface area contributed by atoms with E-state index in [2.05, 4.69) is 51.4 Å². The van der Waals surface area contributed by atoms with Crippen LogP contribution in [0, 0.1) is 6.92 Å². The van der Waals surface area contributed by atoms with E-state index in [4.69, 9.17) is 4.74 Å². The van der Waals surface area contributed by atoms with Crippen LogP contribution in [0.1, 0.15) is 40.2 Å². The first-order valence-electron chi connectivity index (χ1n) is 7.39. The van der Waals surface area contributed by atoms with Crippen LogP contribution in [-0.2, 0) is 0 Å². The summed E-state index contributed by atoms with van der Waals surface area (Å²) in [6.07, 6.45) is 2.10. The minimum absolute atomic E-state index is 0.557. The molecular formula is C17H33NOS. The maximum Gasteiger partial charge on any atom is 0.119 e. The molecule has 1 unspecified atom stereocenters. The molecule has 0 aromatic heterocycles. The molecule has 0 saturated heterocycles. The second-order valence-electron chi connectivity index (χ2n) is 4.61. The van der Waals surface area contributed by atoms with Gasteiger partial charge in [-0.3, -0.25) is 0 Å². The van der Waals surface area contributed by atoms with Crippen LogP contribution < -0.4 is 10.1 Å². The Bertz CT molecular complexity index is 298. The van der Waals surface area contributed by atoms with E-state index < -0.39 is 0 Å². The van der Waals surface area contributed by atoms with Crippen LogP contribution in [0.2, 0.25) is 0 Å². The number of rotatable bonds is 5. The molecule has 1 rings (SSSR count). The van der Waals surface area contributed by atoms with E-state index >= 15 is 0 Å². The lowest BCUT2D eigenvalue weighted by atomic mass is 10.2. The lowest BCUT2D eigenvalue weighted by Crippen LogP contribution is -2.15. The molecule has 0 amide bonds. The maximum atomic E-state index is 5.59. The Morgan fingerprint density at radius 3 is 1.90 bits per heavy atom. The molecule has 0 saturated carbocycles. The van der Waals surface area contributed by atoms with Gasteiger partial charge in [-0.15, -0.1) is 0 Å². The van der Waals surface area contributed by atoms with Gasteiger partial charge in [0.25, 0.3) is 0 Å². The summed E-state index contributed by atoms with van der Waals surface area (Å²) >= 11 is 1.82. The lowest BCUT2D eigenvalue weighted by Gasteiger charge is -2.10. The highest BCUT2D eigenvalue weighted by molar-refractivity contribution is 7.99. The zero-order valence-electron chi connectivity index (χ0n) is 14.5. The van der Waals surface area contributed by atoms with Crippen LogP contribution in [0.3, 0.4) is 0 Å². The molecule has 118 valence electrons. The molecule has 1 N–H and O–H groups in total. The summed E-state index contributed by atoms with van der Waals surface area (Å²) in [5.74, 6) is 0.964. The number of benzene rings is 1. The van der Waals surface area contributed by atoms with Crippen LogP contribution >= 0.6 is 11.8 Å². The molecule has 3 heteroatoms. The van der Waals surface area contributed by atoms with Gasteiger partial charge in [0, 0.05) is 11.3 Å². The van der Waals surface area contributed by atoms with E-state index in [-0.39, 0.29) is 0 Å². The quantitative estimate of drug-likeness (QED) is 0.846. The van der Waals surface area contributed by atoms with Gasteiger partial charge in [-0.2, -0.15) is 11.8 Å². The van der Waals surface area contributed by atoms with Crippen molar-refractivity contribution < 1.29 is 4.74 Å². The van der Waals surface area contributed by atoms with Gasteiger partial charge in [0.15, 0.2) is 0 Å². The highest BCUT2D eigenvalue weighted by atomic mass is 32.2. The average molecular weight is 300 g/mol. The van der Waals surface area contributed by atoms with Crippen LogP contribution in [0.15, 0.2) is 24.3 Å². The van der Waals surface area contributed by atoms with E-state index in [1.165, 1.54) is 5.56 Å². The molecule has 1 aromatic rings. The zero-order valence-corrected chi connectivity index (χ0v) is 15.3. The Balaban J connectivity index is 0. The average Bonchev–Trinajstić information content (AvgIpc) is 2.49. The largest absolute Gasteiger partial charge is 0.492 e. The topological polar surface area (TPSA) is 21.3 Å². The predicted molar refractivity (Wildman–Crippen MR) is 95.2 cm³/mol. The summed E-state index contributed by atoms with van der Waals surface area (Å²) in [6, 6.07) is 8.80. The van der Waals surface area contributed by atoms with Gasteiger partial charge in [-0.1, -0.05) is 52.3 Å². The fourth-order valence-corrected chi connectivity index (χ4v) is 1.12. The monoisotopic (exact) mass is 299 g/mol. The van der Waals surface area contributed by atoms with E-state index in [0.717, 1.165) is 12.4 Å². The van der Waals surface area contributed by atoms with Gasteiger partial charge < -0.3 is 10.1 Å². The molecule has 0 aliphatic rings. The lowest BCUT2D eigenvalue weighted by molar-refractivity contribution is 0.322. The number of hydrogen-bond donors (Lipinski definition) is 1. The second kappa shape index (κ2) is 14.7. The molecule has 0 aliphatic carbocycles. The van der Waals surface area contributed by atoms with Gasteiger partial charge in [-0.25, -0.2) is 0 Å². The molecule has 1 atom stereocenters. The zero-order chi connectivity index (χ0) is 16.0. The Labute approximate surface area is 130 Å². The molecule has 0 bridgehead atoms. The van der Waals surface area contributed by atoms with E-state index in [1.54, 1.807) is 0 Å². The summed E-state index contributed by atoms with van der Waals surface area (Å²) in [5, 5.41) is 3.58. The summed E-state index contributed by atoms with van der Waals surface area (Å²) in [6.45, 7) is 13.2. The Hall–Kier alpha value is -0.670. The smallest absolute Gasteiger partial charge is 0.119 e. The van der Waals surface area contributed by atoms with Crippen molar-refractivity contribution in [2.24, 2.45) is 0 Å². The van der Waals surface area contributed by atoms with E-state index in [1.807, 2.05) is 44.8 Å². The van der Waals surface area contributed by atoms with Crippen molar-refractivity contribution in [1.29, 1.82) is 0 Å².